The highest BCUT2D eigenvalue weighted by Crippen LogP contribution is 2.20. The Bertz CT molecular complexity index is 452. The SMILES string of the molecule is CCCCCCCCCCCCCC(Cc1ccc(Cl)cc1)C(C)=O. The molecule has 0 aromatic heterocycles. The first-order chi connectivity index (χ1) is 12.1. The molecule has 142 valence electrons. The Morgan fingerprint density at radius 2 is 1.32 bits per heavy atom. The maximum absolute atomic E-state index is 11.9. The van der Waals surface area contributed by atoms with Gasteiger partial charge in [-0.1, -0.05) is 101 Å². The van der Waals surface area contributed by atoms with Crippen LogP contribution in [0.5, 0.6) is 0 Å². The Hall–Kier alpha value is -0.820. The van der Waals surface area contributed by atoms with Gasteiger partial charge in [0.2, 0.25) is 0 Å². The van der Waals surface area contributed by atoms with Crippen LogP contribution in [0.1, 0.15) is 96.5 Å². The molecule has 0 fully saturated rings. The van der Waals surface area contributed by atoms with Gasteiger partial charge in [-0.05, 0) is 37.5 Å². The zero-order valence-electron chi connectivity index (χ0n) is 16.4. The lowest BCUT2D eigenvalue weighted by molar-refractivity contribution is -0.120. The molecule has 1 rings (SSSR count). The van der Waals surface area contributed by atoms with E-state index >= 15 is 0 Å². The summed E-state index contributed by atoms with van der Waals surface area (Å²) in [5.41, 5.74) is 1.22. The Labute approximate surface area is 160 Å². The number of ketones is 1. The molecular weight excluding hydrogens is 328 g/mol. The van der Waals surface area contributed by atoms with Gasteiger partial charge in [-0.15, -0.1) is 0 Å². The molecule has 2 heteroatoms. The van der Waals surface area contributed by atoms with Gasteiger partial charge >= 0.3 is 0 Å². The number of carbonyl (C=O) groups excluding carboxylic acids is 1. The smallest absolute Gasteiger partial charge is 0.133 e. The number of carbonyl (C=O) groups is 1. The van der Waals surface area contributed by atoms with Crippen LogP contribution in [0.25, 0.3) is 0 Å². The Morgan fingerprint density at radius 1 is 0.840 bits per heavy atom. The van der Waals surface area contributed by atoms with Crippen LogP contribution in [0.2, 0.25) is 5.02 Å². The van der Waals surface area contributed by atoms with E-state index in [0.717, 1.165) is 17.9 Å². The van der Waals surface area contributed by atoms with Gasteiger partial charge < -0.3 is 0 Å². The van der Waals surface area contributed by atoms with Crippen molar-refractivity contribution in [2.45, 2.75) is 97.3 Å². The fraction of sp³-hybridized carbons (Fsp3) is 0.696. The molecule has 1 nitrogen and oxygen atoms in total. The maximum Gasteiger partial charge on any atom is 0.133 e. The molecule has 0 radical (unpaired) electrons. The molecule has 0 N–H and O–H groups in total. The fourth-order valence-corrected chi connectivity index (χ4v) is 3.53. The lowest BCUT2D eigenvalue weighted by Gasteiger charge is -2.14. The largest absolute Gasteiger partial charge is 0.300 e. The van der Waals surface area contributed by atoms with Gasteiger partial charge in [-0.25, -0.2) is 0 Å². The van der Waals surface area contributed by atoms with Crippen LogP contribution in [0, 0.1) is 5.92 Å². The van der Waals surface area contributed by atoms with E-state index in [9.17, 15) is 4.79 Å². The van der Waals surface area contributed by atoms with Crippen molar-refractivity contribution in [3.63, 3.8) is 0 Å². The van der Waals surface area contributed by atoms with Gasteiger partial charge in [0.1, 0.15) is 5.78 Å². The van der Waals surface area contributed by atoms with E-state index < -0.39 is 0 Å². The number of Topliss-reactive ketones (excluding diaryl/α,β-unsaturated/α-hetero) is 1. The molecule has 1 unspecified atom stereocenters. The Balaban J connectivity index is 2.07. The van der Waals surface area contributed by atoms with E-state index in [2.05, 4.69) is 6.92 Å². The van der Waals surface area contributed by atoms with Gasteiger partial charge in [-0.3, -0.25) is 4.79 Å². The minimum atomic E-state index is 0.166. The quantitative estimate of drug-likeness (QED) is 0.290. The van der Waals surface area contributed by atoms with Crippen LogP contribution < -0.4 is 0 Å². The molecule has 0 bridgehead atoms. The third-order valence-electron chi connectivity index (χ3n) is 5.13. The Kier molecular flexibility index (Phi) is 12.8. The van der Waals surface area contributed by atoms with E-state index in [1.54, 1.807) is 6.92 Å². The summed E-state index contributed by atoms with van der Waals surface area (Å²) in [5, 5.41) is 0.758. The van der Waals surface area contributed by atoms with E-state index in [0.29, 0.717) is 5.78 Å². The normalized spacial score (nSPS) is 12.3. The lowest BCUT2D eigenvalue weighted by atomic mass is 9.90. The van der Waals surface area contributed by atoms with Crippen molar-refractivity contribution in [2.24, 2.45) is 5.92 Å². The monoisotopic (exact) mass is 364 g/mol. The third kappa shape index (κ3) is 11.4. The van der Waals surface area contributed by atoms with Crippen LogP contribution >= 0.6 is 11.6 Å². The van der Waals surface area contributed by atoms with Gasteiger partial charge in [-0.2, -0.15) is 0 Å². The highest BCUT2D eigenvalue weighted by Gasteiger charge is 2.14. The molecule has 0 amide bonds. The van der Waals surface area contributed by atoms with Crippen molar-refractivity contribution in [1.29, 1.82) is 0 Å². The van der Waals surface area contributed by atoms with E-state index in [-0.39, 0.29) is 5.92 Å². The minimum absolute atomic E-state index is 0.166. The van der Waals surface area contributed by atoms with Crippen molar-refractivity contribution in [3.05, 3.63) is 34.9 Å². The first kappa shape index (κ1) is 22.2. The molecule has 0 aliphatic carbocycles. The zero-order valence-corrected chi connectivity index (χ0v) is 17.1. The summed E-state index contributed by atoms with van der Waals surface area (Å²) in [6.07, 6.45) is 16.7. The van der Waals surface area contributed by atoms with Crippen LogP contribution in [-0.4, -0.2) is 5.78 Å². The Morgan fingerprint density at radius 3 is 1.80 bits per heavy atom. The number of hydrogen-bond acceptors (Lipinski definition) is 1. The van der Waals surface area contributed by atoms with E-state index in [1.807, 2.05) is 24.3 Å². The predicted octanol–water partition coefficient (Wildman–Crippen LogP) is 7.79. The topological polar surface area (TPSA) is 17.1 Å². The lowest BCUT2D eigenvalue weighted by Crippen LogP contribution is -2.14. The van der Waals surface area contributed by atoms with Crippen molar-refractivity contribution in [2.75, 3.05) is 0 Å². The molecule has 0 spiro atoms. The highest BCUT2D eigenvalue weighted by molar-refractivity contribution is 6.30. The first-order valence-electron chi connectivity index (χ1n) is 10.4. The van der Waals surface area contributed by atoms with Crippen molar-refractivity contribution < 1.29 is 4.79 Å². The summed E-state index contributed by atoms with van der Waals surface area (Å²) < 4.78 is 0. The van der Waals surface area contributed by atoms with Crippen molar-refractivity contribution in [3.8, 4) is 0 Å². The number of benzene rings is 1. The number of rotatable bonds is 15. The fourth-order valence-electron chi connectivity index (χ4n) is 3.41. The summed E-state index contributed by atoms with van der Waals surface area (Å²) in [6, 6.07) is 7.91. The first-order valence-corrected chi connectivity index (χ1v) is 10.8. The highest BCUT2D eigenvalue weighted by atomic mass is 35.5. The van der Waals surface area contributed by atoms with E-state index in [1.165, 1.54) is 76.2 Å². The summed E-state index contributed by atoms with van der Waals surface area (Å²) >= 11 is 5.93. The van der Waals surface area contributed by atoms with Crippen LogP contribution in [-0.2, 0) is 11.2 Å². The maximum atomic E-state index is 11.9. The van der Waals surface area contributed by atoms with Gasteiger partial charge in [0, 0.05) is 10.9 Å². The second kappa shape index (κ2) is 14.4. The summed E-state index contributed by atoms with van der Waals surface area (Å²) in [7, 11) is 0. The molecule has 0 aliphatic rings. The zero-order chi connectivity index (χ0) is 18.3. The summed E-state index contributed by atoms with van der Waals surface area (Å²) in [6.45, 7) is 4.01. The molecule has 0 saturated carbocycles. The number of halogens is 1. The molecule has 1 aromatic carbocycles. The summed E-state index contributed by atoms with van der Waals surface area (Å²) in [5.74, 6) is 0.488. The number of unbranched alkanes of at least 4 members (excludes halogenated alkanes) is 10. The molecule has 0 saturated heterocycles. The van der Waals surface area contributed by atoms with Gasteiger partial charge in [0.25, 0.3) is 0 Å². The molecular formula is C23H37ClO. The predicted molar refractivity (Wildman–Crippen MR) is 110 cm³/mol. The molecule has 0 heterocycles. The van der Waals surface area contributed by atoms with Gasteiger partial charge in [0.05, 0.1) is 0 Å². The van der Waals surface area contributed by atoms with Gasteiger partial charge in [0.15, 0.2) is 0 Å². The van der Waals surface area contributed by atoms with Crippen molar-refractivity contribution in [1.82, 2.24) is 0 Å². The third-order valence-corrected chi connectivity index (χ3v) is 5.38. The summed E-state index contributed by atoms with van der Waals surface area (Å²) in [4.78, 5) is 11.9. The van der Waals surface area contributed by atoms with E-state index in [4.69, 9.17) is 11.6 Å². The second-order valence-electron chi connectivity index (χ2n) is 7.46. The average molecular weight is 365 g/mol. The van der Waals surface area contributed by atoms with Crippen molar-refractivity contribution >= 4 is 17.4 Å². The van der Waals surface area contributed by atoms with Crippen LogP contribution in [0.3, 0.4) is 0 Å². The second-order valence-corrected chi connectivity index (χ2v) is 7.90. The molecule has 1 atom stereocenters. The minimum Gasteiger partial charge on any atom is -0.300 e. The average Bonchev–Trinajstić information content (AvgIpc) is 2.60. The number of hydrogen-bond donors (Lipinski definition) is 0. The molecule has 0 aliphatic heterocycles. The standard InChI is InChI=1S/C23H37ClO/c1-3-4-5-6-7-8-9-10-11-12-13-14-22(20(2)25)19-21-15-17-23(24)18-16-21/h15-18,22H,3-14,19H2,1-2H3. The molecule has 25 heavy (non-hydrogen) atoms. The van der Waals surface area contributed by atoms with Crippen LogP contribution in [0.4, 0.5) is 0 Å². The van der Waals surface area contributed by atoms with Crippen LogP contribution in [0.15, 0.2) is 24.3 Å². The molecule has 1 aromatic rings.